The van der Waals surface area contributed by atoms with Crippen molar-refractivity contribution in [1.29, 1.82) is 0 Å². The Hall–Kier alpha value is -3.02. The van der Waals surface area contributed by atoms with Gasteiger partial charge in [0.1, 0.15) is 11.5 Å². The standard InChI is InChI=1S/C14H9N3O3/c18-8-11-12-7-10(14(19)20)3-6-17(12)13(16-11)9-1-4-15-5-2-9/h1-8H,(H,19,20). The van der Waals surface area contributed by atoms with Gasteiger partial charge >= 0.3 is 5.97 Å². The molecule has 0 unspecified atom stereocenters. The fourth-order valence-electron chi connectivity index (χ4n) is 2.03. The molecule has 0 amide bonds. The number of hydrogen-bond donors (Lipinski definition) is 1. The molecule has 0 spiro atoms. The monoisotopic (exact) mass is 267 g/mol. The number of pyridine rings is 2. The molecule has 3 aromatic heterocycles. The number of nitrogens with zero attached hydrogens (tertiary/aromatic N) is 3. The molecular formula is C14H9N3O3. The summed E-state index contributed by atoms with van der Waals surface area (Å²) in [5.41, 5.74) is 1.58. The maximum atomic E-state index is 11.1. The summed E-state index contributed by atoms with van der Waals surface area (Å²) in [5, 5.41) is 9.01. The lowest BCUT2D eigenvalue weighted by Crippen LogP contribution is -1.98. The van der Waals surface area contributed by atoms with Crippen LogP contribution in [0.5, 0.6) is 0 Å². The van der Waals surface area contributed by atoms with Gasteiger partial charge in [0.25, 0.3) is 0 Å². The van der Waals surface area contributed by atoms with Crippen LogP contribution < -0.4 is 0 Å². The smallest absolute Gasteiger partial charge is 0.335 e. The molecule has 3 aromatic rings. The topological polar surface area (TPSA) is 84.6 Å². The van der Waals surface area contributed by atoms with Crippen molar-refractivity contribution < 1.29 is 14.7 Å². The van der Waals surface area contributed by atoms with Crippen molar-refractivity contribution in [3.05, 3.63) is 54.1 Å². The highest BCUT2D eigenvalue weighted by molar-refractivity contribution is 5.92. The van der Waals surface area contributed by atoms with Crippen molar-refractivity contribution in [3.63, 3.8) is 0 Å². The molecule has 0 aromatic carbocycles. The minimum absolute atomic E-state index is 0.113. The fourth-order valence-corrected chi connectivity index (χ4v) is 2.03. The first-order valence-electron chi connectivity index (χ1n) is 5.81. The van der Waals surface area contributed by atoms with Crippen LogP contribution in [0.4, 0.5) is 0 Å². The average molecular weight is 267 g/mol. The number of aromatic nitrogens is 3. The van der Waals surface area contributed by atoms with Crippen molar-refractivity contribution in [2.45, 2.75) is 0 Å². The minimum Gasteiger partial charge on any atom is -0.478 e. The lowest BCUT2D eigenvalue weighted by molar-refractivity contribution is 0.0696. The van der Waals surface area contributed by atoms with Crippen molar-refractivity contribution in [2.24, 2.45) is 0 Å². The minimum atomic E-state index is -1.05. The number of carbonyl (C=O) groups excluding carboxylic acids is 1. The second-order valence-electron chi connectivity index (χ2n) is 4.15. The largest absolute Gasteiger partial charge is 0.478 e. The fraction of sp³-hybridized carbons (Fsp3) is 0. The van der Waals surface area contributed by atoms with Crippen LogP contribution >= 0.6 is 0 Å². The second kappa shape index (κ2) is 4.58. The van der Waals surface area contributed by atoms with Gasteiger partial charge in [0.2, 0.25) is 0 Å². The van der Waals surface area contributed by atoms with Crippen LogP contribution in [-0.2, 0) is 0 Å². The van der Waals surface area contributed by atoms with Crippen molar-refractivity contribution >= 4 is 17.8 Å². The van der Waals surface area contributed by atoms with Gasteiger partial charge in [-0.2, -0.15) is 0 Å². The SMILES string of the molecule is O=Cc1nc(-c2ccncc2)n2ccc(C(=O)O)cc12. The van der Waals surface area contributed by atoms with E-state index in [2.05, 4.69) is 9.97 Å². The number of aldehydes is 1. The Balaban J connectivity index is 2.30. The zero-order chi connectivity index (χ0) is 14.1. The number of carboxylic acid groups (broad SMARTS) is 1. The van der Waals surface area contributed by atoms with E-state index in [0.717, 1.165) is 5.56 Å². The lowest BCUT2D eigenvalue weighted by atomic mass is 10.2. The number of fused-ring (bicyclic) bond motifs is 1. The highest BCUT2D eigenvalue weighted by Gasteiger charge is 2.14. The van der Waals surface area contributed by atoms with E-state index in [4.69, 9.17) is 5.11 Å². The molecule has 0 atom stereocenters. The van der Waals surface area contributed by atoms with Gasteiger partial charge in [-0.25, -0.2) is 9.78 Å². The molecule has 0 aliphatic heterocycles. The number of carboxylic acids is 1. The maximum absolute atomic E-state index is 11.1. The Kier molecular flexibility index (Phi) is 2.76. The predicted molar refractivity (Wildman–Crippen MR) is 70.8 cm³/mol. The van der Waals surface area contributed by atoms with Crippen LogP contribution in [0.2, 0.25) is 0 Å². The van der Waals surface area contributed by atoms with Gasteiger partial charge in [0.05, 0.1) is 11.1 Å². The first-order valence-corrected chi connectivity index (χ1v) is 5.81. The van der Waals surface area contributed by atoms with E-state index in [1.54, 1.807) is 35.1 Å². The first-order chi connectivity index (χ1) is 9.70. The molecule has 0 aliphatic carbocycles. The van der Waals surface area contributed by atoms with Gasteiger partial charge in [-0.1, -0.05) is 0 Å². The number of aromatic carboxylic acids is 1. The molecular weight excluding hydrogens is 258 g/mol. The summed E-state index contributed by atoms with van der Waals surface area (Å²) in [5.74, 6) is -0.475. The highest BCUT2D eigenvalue weighted by Crippen LogP contribution is 2.22. The second-order valence-corrected chi connectivity index (χ2v) is 4.15. The number of carbonyl (C=O) groups is 2. The Bertz CT molecular complexity index is 809. The molecule has 1 N–H and O–H groups in total. The zero-order valence-corrected chi connectivity index (χ0v) is 10.2. The summed E-state index contributed by atoms with van der Waals surface area (Å²) < 4.78 is 1.69. The van der Waals surface area contributed by atoms with Gasteiger partial charge in [0, 0.05) is 24.2 Å². The number of imidazole rings is 1. The summed E-state index contributed by atoms with van der Waals surface area (Å²) in [7, 11) is 0. The van der Waals surface area contributed by atoms with E-state index < -0.39 is 5.97 Å². The van der Waals surface area contributed by atoms with Crippen LogP contribution in [0.3, 0.4) is 0 Å². The Morgan fingerprint density at radius 2 is 2.00 bits per heavy atom. The third-order valence-corrected chi connectivity index (χ3v) is 2.97. The highest BCUT2D eigenvalue weighted by atomic mass is 16.4. The summed E-state index contributed by atoms with van der Waals surface area (Å²) in [6.07, 6.45) is 5.46. The Morgan fingerprint density at radius 3 is 2.65 bits per heavy atom. The Labute approximate surface area is 113 Å². The average Bonchev–Trinajstić information content (AvgIpc) is 2.86. The third-order valence-electron chi connectivity index (χ3n) is 2.97. The van der Waals surface area contributed by atoms with Gasteiger partial charge in [-0.15, -0.1) is 0 Å². The molecule has 6 heteroatoms. The molecule has 3 rings (SSSR count). The van der Waals surface area contributed by atoms with Crippen molar-refractivity contribution in [3.8, 4) is 11.4 Å². The Morgan fingerprint density at radius 1 is 1.25 bits per heavy atom. The van der Waals surface area contributed by atoms with E-state index >= 15 is 0 Å². The molecule has 6 nitrogen and oxygen atoms in total. The third kappa shape index (κ3) is 1.83. The van der Waals surface area contributed by atoms with Crippen LogP contribution in [-0.4, -0.2) is 31.7 Å². The van der Waals surface area contributed by atoms with Crippen LogP contribution in [0.1, 0.15) is 20.8 Å². The molecule has 98 valence electrons. The van der Waals surface area contributed by atoms with E-state index in [9.17, 15) is 9.59 Å². The molecule has 0 aliphatic rings. The quantitative estimate of drug-likeness (QED) is 0.733. The van der Waals surface area contributed by atoms with Crippen LogP contribution in [0, 0.1) is 0 Å². The first kappa shape index (κ1) is 12.0. The summed E-state index contributed by atoms with van der Waals surface area (Å²) in [6, 6.07) is 6.45. The molecule has 0 saturated carbocycles. The predicted octanol–water partition coefficient (Wildman–Crippen LogP) is 1.91. The molecule has 3 heterocycles. The van der Waals surface area contributed by atoms with E-state index in [-0.39, 0.29) is 11.3 Å². The van der Waals surface area contributed by atoms with E-state index in [0.29, 0.717) is 17.6 Å². The van der Waals surface area contributed by atoms with Gasteiger partial charge in [-0.3, -0.25) is 14.2 Å². The molecule has 0 radical (unpaired) electrons. The molecule has 20 heavy (non-hydrogen) atoms. The molecule has 0 fully saturated rings. The maximum Gasteiger partial charge on any atom is 0.335 e. The van der Waals surface area contributed by atoms with E-state index in [1.165, 1.54) is 12.1 Å². The van der Waals surface area contributed by atoms with E-state index in [1.807, 2.05) is 0 Å². The number of hydrogen-bond acceptors (Lipinski definition) is 4. The van der Waals surface area contributed by atoms with Gasteiger partial charge in [-0.05, 0) is 24.3 Å². The number of rotatable bonds is 3. The van der Waals surface area contributed by atoms with Crippen LogP contribution in [0.15, 0.2) is 42.9 Å². The van der Waals surface area contributed by atoms with Crippen LogP contribution in [0.25, 0.3) is 16.9 Å². The lowest BCUT2D eigenvalue weighted by Gasteiger charge is -2.01. The van der Waals surface area contributed by atoms with Gasteiger partial charge in [0.15, 0.2) is 6.29 Å². The molecule has 0 bridgehead atoms. The van der Waals surface area contributed by atoms with Crippen molar-refractivity contribution in [1.82, 2.24) is 14.4 Å². The zero-order valence-electron chi connectivity index (χ0n) is 10.2. The normalized spacial score (nSPS) is 10.6. The summed E-state index contributed by atoms with van der Waals surface area (Å²) in [6.45, 7) is 0. The summed E-state index contributed by atoms with van der Waals surface area (Å²) in [4.78, 5) is 30.3. The summed E-state index contributed by atoms with van der Waals surface area (Å²) >= 11 is 0. The van der Waals surface area contributed by atoms with Gasteiger partial charge < -0.3 is 5.11 Å². The molecule has 0 saturated heterocycles. The van der Waals surface area contributed by atoms with Crippen molar-refractivity contribution in [2.75, 3.05) is 0 Å².